The maximum absolute atomic E-state index is 12.2. The van der Waals surface area contributed by atoms with Gasteiger partial charge in [-0.05, 0) is 0 Å². The van der Waals surface area contributed by atoms with Gasteiger partial charge >= 0.3 is 5.97 Å². The van der Waals surface area contributed by atoms with Crippen molar-refractivity contribution in [3.8, 4) is 0 Å². The van der Waals surface area contributed by atoms with Gasteiger partial charge in [-0.2, -0.15) is 4.31 Å². The molecule has 1 aliphatic heterocycles. The molecule has 0 aliphatic carbocycles. The van der Waals surface area contributed by atoms with Crippen molar-refractivity contribution in [1.82, 2.24) is 9.29 Å². The largest absolute Gasteiger partial charge is 0.476 e. The van der Waals surface area contributed by atoms with Crippen LogP contribution in [0.1, 0.15) is 10.5 Å². The summed E-state index contributed by atoms with van der Waals surface area (Å²) >= 11 is 0.707. The second-order valence-electron chi connectivity index (χ2n) is 3.85. The molecule has 1 aromatic heterocycles. The van der Waals surface area contributed by atoms with Crippen LogP contribution in [0.4, 0.5) is 0 Å². The lowest BCUT2D eigenvalue weighted by Gasteiger charge is -2.25. The van der Waals surface area contributed by atoms with Crippen molar-refractivity contribution in [3.63, 3.8) is 0 Å². The SMILES string of the molecule is O=C(O)c1ncsc1S(=O)(=O)N1CCS(=O)(=O)CC1. The molecule has 106 valence electrons. The van der Waals surface area contributed by atoms with Crippen molar-refractivity contribution in [2.24, 2.45) is 0 Å². The van der Waals surface area contributed by atoms with Gasteiger partial charge in [-0.25, -0.2) is 26.6 Å². The Morgan fingerprint density at radius 1 is 1.37 bits per heavy atom. The lowest BCUT2D eigenvalue weighted by Crippen LogP contribution is -2.43. The number of carboxylic acid groups (broad SMARTS) is 1. The van der Waals surface area contributed by atoms with Crippen LogP contribution in [0.3, 0.4) is 0 Å². The normalized spacial score (nSPS) is 20.2. The Bertz CT molecular complexity index is 691. The van der Waals surface area contributed by atoms with Gasteiger partial charge < -0.3 is 5.11 Å². The fourth-order valence-electron chi connectivity index (χ4n) is 1.61. The van der Waals surface area contributed by atoms with E-state index in [4.69, 9.17) is 5.11 Å². The zero-order valence-corrected chi connectivity index (χ0v) is 12.0. The van der Waals surface area contributed by atoms with E-state index >= 15 is 0 Å². The number of hydrogen-bond donors (Lipinski definition) is 1. The number of hydrogen-bond acceptors (Lipinski definition) is 7. The summed E-state index contributed by atoms with van der Waals surface area (Å²) < 4.78 is 47.6. The zero-order valence-electron chi connectivity index (χ0n) is 9.51. The first-order chi connectivity index (χ1) is 8.74. The number of aromatic nitrogens is 1. The number of sulfonamides is 1. The molecule has 0 saturated carbocycles. The van der Waals surface area contributed by atoms with Crippen LogP contribution in [0.25, 0.3) is 0 Å². The molecular weight excluding hydrogens is 316 g/mol. The first kappa shape index (κ1) is 14.4. The van der Waals surface area contributed by atoms with E-state index in [2.05, 4.69) is 4.98 Å². The Morgan fingerprint density at radius 3 is 2.47 bits per heavy atom. The first-order valence-electron chi connectivity index (χ1n) is 5.11. The summed E-state index contributed by atoms with van der Waals surface area (Å²) in [5.74, 6) is -1.94. The molecule has 19 heavy (non-hydrogen) atoms. The van der Waals surface area contributed by atoms with Crippen LogP contribution in [-0.4, -0.2) is 61.8 Å². The van der Waals surface area contributed by atoms with Crippen LogP contribution in [0, 0.1) is 0 Å². The minimum Gasteiger partial charge on any atom is -0.476 e. The van der Waals surface area contributed by atoms with Crippen molar-refractivity contribution >= 4 is 37.2 Å². The molecule has 0 radical (unpaired) electrons. The fourth-order valence-corrected chi connectivity index (χ4v) is 5.77. The summed E-state index contributed by atoms with van der Waals surface area (Å²) in [6.45, 7) is -0.330. The topological polar surface area (TPSA) is 122 Å². The summed E-state index contributed by atoms with van der Waals surface area (Å²) in [4.78, 5) is 14.4. The Labute approximate surface area is 113 Å². The number of carbonyl (C=O) groups is 1. The van der Waals surface area contributed by atoms with Gasteiger partial charge in [0.05, 0.1) is 17.0 Å². The second-order valence-corrected chi connectivity index (χ2v) is 9.14. The van der Waals surface area contributed by atoms with Gasteiger partial charge in [0.15, 0.2) is 19.7 Å². The quantitative estimate of drug-likeness (QED) is 0.776. The van der Waals surface area contributed by atoms with E-state index < -0.39 is 31.5 Å². The first-order valence-corrected chi connectivity index (χ1v) is 9.25. The number of rotatable bonds is 3. The highest BCUT2D eigenvalue weighted by molar-refractivity contribution is 7.92. The van der Waals surface area contributed by atoms with Crippen LogP contribution in [0.15, 0.2) is 9.72 Å². The molecule has 1 aliphatic rings. The zero-order chi connectivity index (χ0) is 14.3. The summed E-state index contributed by atoms with van der Waals surface area (Å²) in [5, 5.41) is 8.86. The van der Waals surface area contributed by atoms with Crippen LogP contribution < -0.4 is 0 Å². The van der Waals surface area contributed by atoms with Crippen molar-refractivity contribution in [3.05, 3.63) is 11.2 Å². The third kappa shape index (κ3) is 2.78. The molecule has 0 bridgehead atoms. The summed E-state index contributed by atoms with van der Waals surface area (Å²) in [7, 11) is -7.21. The molecule has 1 saturated heterocycles. The average Bonchev–Trinajstić information content (AvgIpc) is 2.77. The van der Waals surface area contributed by atoms with E-state index in [0.29, 0.717) is 11.3 Å². The highest BCUT2D eigenvalue weighted by Crippen LogP contribution is 2.25. The van der Waals surface area contributed by atoms with E-state index in [0.717, 1.165) is 9.82 Å². The van der Waals surface area contributed by atoms with Crippen LogP contribution in [0.5, 0.6) is 0 Å². The van der Waals surface area contributed by atoms with Crippen molar-refractivity contribution < 1.29 is 26.7 Å². The Balaban J connectivity index is 2.34. The summed E-state index contributed by atoms with van der Waals surface area (Å²) in [5.41, 5.74) is 0.607. The highest BCUT2D eigenvalue weighted by Gasteiger charge is 2.35. The highest BCUT2D eigenvalue weighted by atomic mass is 32.2. The Hall–Kier alpha value is -1.04. The van der Waals surface area contributed by atoms with Gasteiger partial charge in [0.2, 0.25) is 0 Å². The van der Waals surface area contributed by atoms with Gasteiger partial charge in [0.1, 0.15) is 0 Å². The van der Waals surface area contributed by atoms with Gasteiger partial charge in [-0.1, -0.05) is 0 Å². The molecule has 1 aromatic rings. The standard InChI is InChI=1S/C8H10N2O6S3/c11-7(12)6-8(17-5-9-6)19(15,16)10-1-3-18(13,14)4-2-10/h5H,1-4H2,(H,11,12). The monoisotopic (exact) mass is 326 g/mol. The van der Waals surface area contributed by atoms with Crippen molar-refractivity contribution in [2.75, 3.05) is 24.6 Å². The number of aromatic carboxylic acids is 1. The fraction of sp³-hybridized carbons (Fsp3) is 0.500. The molecule has 0 aromatic carbocycles. The molecule has 1 fully saturated rings. The molecule has 0 spiro atoms. The van der Waals surface area contributed by atoms with Crippen molar-refractivity contribution in [1.29, 1.82) is 0 Å². The second kappa shape index (κ2) is 4.81. The van der Waals surface area contributed by atoms with Gasteiger partial charge in [0.25, 0.3) is 10.0 Å². The molecule has 2 heterocycles. The van der Waals surface area contributed by atoms with Crippen LogP contribution in [0.2, 0.25) is 0 Å². The molecule has 8 nitrogen and oxygen atoms in total. The number of nitrogens with zero attached hydrogens (tertiary/aromatic N) is 2. The van der Waals surface area contributed by atoms with E-state index in [1.54, 1.807) is 0 Å². The molecule has 2 rings (SSSR count). The lowest BCUT2D eigenvalue weighted by molar-refractivity contribution is 0.0687. The van der Waals surface area contributed by atoms with Crippen LogP contribution in [-0.2, 0) is 19.9 Å². The minimum absolute atomic E-state index is 0.165. The van der Waals surface area contributed by atoms with Gasteiger partial charge in [0, 0.05) is 13.1 Å². The molecule has 0 amide bonds. The number of sulfone groups is 1. The predicted molar refractivity (Wildman–Crippen MR) is 66.5 cm³/mol. The summed E-state index contributed by atoms with van der Waals surface area (Å²) in [6.07, 6.45) is 0. The third-order valence-electron chi connectivity index (χ3n) is 2.62. The maximum atomic E-state index is 12.2. The molecule has 0 atom stereocenters. The van der Waals surface area contributed by atoms with E-state index in [1.165, 1.54) is 0 Å². The van der Waals surface area contributed by atoms with E-state index in [1.807, 2.05) is 0 Å². The maximum Gasteiger partial charge on any atom is 0.356 e. The molecule has 1 N–H and O–H groups in total. The van der Waals surface area contributed by atoms with Gasteiger partial charge in [-0.3, -0.25) is 0 Å². The Morgan fingerprint density at radius 2 is 1.95 bits per heavy atom. The number of carboxylic acids is 1. The molecular formula is C8H10N2O6S3. The summed E-state index contributed by atoms with van der Waals surface area (Å²) in [6, 6.07) is 0. The van der Waals surface area contributed by atoms with Crippen molar-refractivity contribution in [2.45, 2.75) is 4.21 Å². The smallest absolute Gasteiger partial charge is 0.356 e. The number of thiazole rings is 1. The third-order valence-corrected chi connectivity index (χ3v) is 7.47. The lowest BCUT2D eigenvalue weighted by atomic mass is 10.5. The van der Waals surface area contributed by atoms with Gasteiger partial charge in [-0.15, -0.1) is 11.3 Å². The molecule has 0 unspecified atom stereocenters. The predicted octanol–water partition coefficient (Wildman–Crippen LogP) is -0.740. The van der Waals surface area contributed by atoms with Crippen LogP contribution >= 0.6 is 11.3 Å². The van der Waals surface area contributed by atoms with E-state index in [-0.39, 0.29) is 28.8 Å². The average molecular weight is 326 g/mol. The molecule has 11 heteroatoms. The Kier molecular flexibility index (Phi) is 3.64. The van der Waals surface area contributed by atoms with E-state index in [9.17, 15) is 21.6 Å². The minimum atomic E-state index is -4.00.